The van der Waals surface area contributed by atoms with Crippen LogP contribution in [0.4, 0.5) is 0 Å². The maximum atomic E-state index is 5.95. The largest absolute Gasteiger partial charge is 0.492 e. The van der Waals surface area contributed by atoms with Gasteiger partial charge in [-0.2, -0.15) is 0 Å². The highest BCUT2D eigenvalue weighted by atomic mass is 16.5. The molecule has 1 saturated carbocycles. The van der Waals surface area contributed by atoms with Crippen molar-refractivity contribution in [1.29, 1.82) is 0 Å². The van der Waals surface area contributed by atoms with E-state index in [2.05, 4.69) is 42.7 Å². The lowest BCUT2D eigenvalue weighted by Gasteiger charge is -2.15. The molecule has 0 amide bonds. The molecule has 1 aromatic carbocycles. The molecule has 158 valence electrons. The minimum Gasteiger partial charge on any atom is -0.492 e. The van der Waals surface area contributed by atoms with Gasteiger partial charge in [0.25, 0.3) is 0 Å². The first kappa shape index (κ1) is 18.7. The van der Waals surface area contributed by atoms with E-state index in [1.165, 1.54) is 44.3 Å². The van der Waals surface area contributed by atoms with Crippen LogP contribution in [-0.2, 0) is 6.54 Å². The Morgan fingerprint density at radius 1 is 1.06 bits per heavy atom. The molecule has 0 atom stereocenters. The van der Waals surface area contributed by atoms with E-state index < -0.39 is 0 Å². The fourth-order valence-corrected chi connectivity index (χ4v) is 4.42. The highest BCUT2D eigenvalue weighted by molar-refractivity contribution is 5.81. The van der Waals surface area contributed by atoms with Crippen LogP contribution in [0.5, 0.6) is 5.75 Å². The smallest absolute Gasteiger partial charge is 0.183 e. The number of pyridine rings is 1. The van der Waals surface area contributed by atoms with Gasteiger partial charge in [0, 0.05) is 18.3 Å². The van der Waals surface area contributed by atoms with Gasteiger partial charge in [0.1, 0.15) is 5.75 Å². The zero-order chi connectivity index (χ0) is 20.8. The lowest BCUT2D eigenvalue weighted by atomic mass is 10.1. The van der Waals surface area contributed by atoms with Gasteiger partial charge in [-0.1, -0.05) is 6.07 Å². The first-order chi connectivity index (χ1) is 15.2. The number of aryl methyl sites for hydroxylation is 1. The number of likely N-dealkylation sites (tertiary alicyclic amines) is 1. The van der Waals surface area contributed by atoms with E-state index in [4.69, 9.17) is 9.72 Å². The van der Waals surface area contributed by atoms with Crippen molar-refractivity contribution in [2.45, 2.75) is 39.2 Å². The molecule has 2 aliphatic rings. The Hall–Kier alpha value is -3.06. The summed E-state index contributed by atoms with van der Waals surface area (Å²) in [4.78, 5) is 11.7. The van der Waals surface area contributed by atoms with Crippen molar-refractivity contribution in [1.82, 2.24) is 29.5 Å². The predicted octanol–water partition coefficient (Wildman–Crippen LogP) is 4.03. The van der Waals surface area contributed by atoms with E-state index in [1.54, 1.807) is 6.20 Å². The molecule has 6 rings (SSSR count). The fraction of sp³-hybridized carbons (Fsp3) is 0.417. The summed E-state index contributed by atoms with van der Waals surface area (Å²) in [5.74, 6) is 2.25. The fourth-order valence-electron chi connectivity index (χ4n) is 4.42. The van der Waals surface area contributed by atoms with Crippen molar-refractivity contribution >= 4 is 16.7 Å². The van der Waals surface area contributed by atoms with Gasteiger partial charge in [0.05, 0.1) is 29.5 Å². The van der Waals surface area contributed by atoms with Crippen LogP contribution in [0.3, 0.4) is 0 Å². The average molecular weight is 415 g/mol. The lowest BCUT2D eigenvalue weighted by molar-refractivity contribution is 0.299. The van der Waals surface area contributed by atoms with E-state index in [0.717, 1.165) is 52.7 Å². The topological polar surface area (TPSA) is 68.4 Å². The Kier molecular flexibility index (Phi) is 4.56. The average Bonchev–Trinajstić information content (AvgIpc) is 3.27. The molecule has 1 aliphatic heterocycles. The van der Waals surface area contributed by atoms with Gasteiger partial charge in [-0.3, -0.25) is 14.3 Å². The minimum absolute atomic E-state index is 0.698. The van der Waals surface area contributed by atoms with Gasteiger partial charge in [-0.25, -0.2) is 4.98 Å². The molecule has 4 aromatic rings. The summed E-state index contributed by atoms with van der Waals surface area (Å²) in [6, 6.07) is 8.56. The van der Waals surface area contributed by atoms with Crippen LogP contribution in [0, 0.1) is 12.8 Å². The summed E-state index contributed by atoms with van der Waals surface area (Å²) in [6.07, 6.45) is 8.71. The number of ether oxygens (including phenoxy) is 1. The van der Waals surface area contributed by atoms with Crippen molar-refractivity contribution in [3.05, 3.63) is 47.9 Å². The van der Waals surface area contributed by atoms with Crippen molar-refractivity contribution in [2.24, 2.45) is 5.92 Å². The molecular formula is C24H26N6O. The van der Waals surface area contributed by atoms with Crippen molar-refractivity contribution in [3.8, 4) is 17.1 Å². The number of hydrogen-bond acceptors (Lipinski definition) is 6. The van der Waals surface area contributed by atoms with Crippen LogP contribution in [0.25, 0.3) is 28.1 Å². The SMILES string of the molecule is Cc1nc2ccc(CN3CCCC3)cc2n2c(-c3cncc(OCC4CC4)c3)nnc12. The zero-order valence-electron chi connectivity index (χ0n) is 17.8. The third kappa shape index (κ3) is 3.63. The normalized spacial score (nSPS) is 17.1. The predicted molar refractivity (Wildman–Crippen MR) is 119 cm³/mol. The van der Waals surface area contributed by atoms with Crippen LogP contribution in [0.1, 0.15) is 36.9 Å². The van der Waals surface area contributed by atoms with Crippen LogP contribution in [0.15, 0.2) is 36.7 Å². The third-order valence-electron chi connectivity index (χ3n) is 6.31. The summed E-state index contributed by atoms with van der Waals surface area (Å²) in [5, 5.41) is 8.99. The van der Waals surface area contributed by atoms with Gasteiger partial charge in [-0.15, -0.1) is 10.2 Å². The molecule has 0 bridgehead atoms. The second-order valence-corrected chi connectivity index (χ2v) is 8.85. The molecule has 2 fully saturated rings. The summed E-state index contributed by atoms with van der Waals surface area (Å²) < 4.78 is 8.07. The Balaban J connectivity index is 1.44. The van der Waals surface area contributed by atoms with Gasteiger partial charge >= 0.3 is 0 Å². The summed E-state index contributed by atoms with van der Waals surface area (Å²) in [7, 11) is 0. The van der Waals surface area contributed by atoms with Crippen LogP contribution in [0.2, 0.25) is 0 Å². The maximum Gasteiger partial charge on any atom is 0.183 e. The second-order valence-electron chi connectivity index (χ2n) is 8.85. The molecule has 1 saturated heterocycles. The molecule has 7 nitrogen and oxygen atoms in total. The molecule has 3 aromatic heterocycles. The zero-order valence-corrected chi connectivity index (χ0v) is 17.8. The molecule has 0 spiro atoms. The van der Waals surface area contributed by atoms with E-state index in [0.29, 0.717) is 5.92 Å². The number of nitrogens with zero attached hydrogens (tertiary/aromatic N) is 6. The molecular weight excluding hydrogens is 388 g/mol. The van der Waals surface area contributed by atoms with Crippen molar-refractivity contribution in [2.75, 3.05) is 19.7 Å². The van der Waals surface area contributed by atoms with Gasteiger partial charge in [-0.05, 0) is 75.4 Å². The standard InChI is InChI=1S/C24H26N6O/c1-16-23-27-28-24(19-11-20(13-25-12-19)31-15-17-4-5-17)30(23)22-10-18(6-7-21(22)26-16)14-29-8-2-3-9-29/h6-7,10-13,17H,2-5,8-9,14-15H2,1H3. The molecule has 7 heteroatoms. The highest BCUT2D eigenvalue weighted by Crippen LogP contribution is 2.31. The number of rotatable bonds is 6. The Morgan fingerprint density at radius 2 is 1.94 bits per heavy atom. The van der Waals surface area contributed by atoms with Gasteiger partial charge < -0.3 is 4.74 Å². The van der Waals surface area contributed by atoms with Crippen LogP contribution in [-0.4, -0.2) is 49.2 Å². The molecule has 31 heavy (non-hydrogen) atoms. The van der Waals surface area contributed by atoms with E-state index >= 15 is 0 Å². The second kappa shape index (κ2) is 7.57. The number of aromatic nitrogens is 5. The first-order valence-corrected chi connectivity index (χ1v) is 11.2. The van der Waals surface area contributed by atoms with Gasteiger partial charge in [0.2, 0.25) is 0 Å². The van der Waals surface area contributed by atoms with Gasteiger partial charge in [0.15, 0.2) is 11.5 Å². The molecule has 0 radical (unpaired) electrons. The van der Waals surface area contributed by atoms with Crippen LogP contribution < -0.4 is 4.74 Å². The van der Waals surface area contributed by atoms with E-state index in [1.807, 2.05) is 19.2 Å². The number of fused-ring (bicyclic) bond motifs is 3. The summed E-state index contributed by atoms with van der Waals surface area (Å²) in [6.45, 7) is 6.07. The van der Waals surface area contributed by atoms with Crippen LogP contribution >= 0.6 is 0 Å². The molecule has 4 heterocycles. The van der Waals surface area contributed by atoms with E-state index in [-0.39, 0.29) is 0 Å². The van der Waals surface area contributed by atoms with Crippen molar-refractivity contribution < 1.29 is 4.74 Å². The highest BCUT2D eigenvalue weighted by Gasteiger charge is 2.22. The maximum absolute atomic E-state index is 5.95. The molecule has 1 aliphatic carbocycles. The number of hydrogen-bond donors (Lipinski definition) is 0. The Bertz CT molecular complexity index is 1260. The quantitative estimate of drug-likeness (QED) is 0.474. The third-order valence-corrected chi connectivity index (χ3v) is 6.31. The molecule has 0 N–H and O–H groups in total. The van der Waals surface area contributed by atoms with Crippen molar-refractivity contribution in [3.63, 3.8) is 0 Å². The Labute approximate surface area is 181 Å². The minimum atomic E-state index is 0.698. The summed E-state index contributed by atoms with van der Waals surface area (Å²) >= 11 is 0. The Morgan fingerprint density at radius 3 is 2.77 bits per heavy atom. The molecule has 0 unspecified atom stereocenters. The lowest BCUT2D eigenvalue weighted by Crippen LogP contribution is -2.18. The van der Waals surface area contributed by atoms with E-state index in [9.17, 15) is 0 Å². The first-order valence-electron chi connectivity index (χ1n) is 11.2. The summed E-state index contributed by atoms with van der Waals surface area (Å²) in [5.41, 5.74) is 5.82. The number of benzene rings is 1. The monoisotopic (exact) mass is 414 g/mol.